The standard InChI is InChI=1S/C11H11BrN2O2S2/c12-7-1-3-8(4-2-7)14-9-5-18(15,16)6-10(9)17-11(14)13/h1-4,9-10,13H,5-6H2. The van der Waals surface area contributed by atoms with Gasteiger partial charge in [-0.3, -0.25) is 5.41 Å². The second-order valence-electron chi connectivity index (χ2n) is 4.45. The lowest BCUT2D eigenvalue weighted by atomic mass is 10.2. The number of thioether (sulfide) groups is 1. The highest BCUT2D eigenvalue weighted by Crippen LogP contribution is 2.40. The zero-order valence-electron chi connectivity index (χ0n) is 9.34. The first-order valence-electron chi connectivity index (χ1n) is 5.47. The van der Waals surface area contributed by atoms with E-state index >= 15 is 0 Å². The normalized spacial score (nSPS) is 29.6. The first-order chi connectivity index (χ1) is 8.46. The Morgan fingerprint density at radius 2 is 1.94 bits per heavy atom. The van der Waals surface area contributed by atoms with Crippen LogP contribution in [0.4, 0.5) is 5.69 Å². The van der Waals surface area contributed by atoms with E-state index < -0.39 is 9.84 Å². The number of anilines is 1. The van der Waals surface area contributed by atoms with Crippen molar-refractivity contribution in [3.63, 3.8) is 0 Å². The summed E-state index contributed by atoms with van der Waals surface area (Å²) in [6, 6.07) is 7.54. The molecule has 96 valence electrons. The predicted molar refractivity (Wildman–Crippen MR) is 78.2 cm³/mol. The molecule has 1 N–H and O–H groups in total. The van der Waals surface area contributed by atoms with Gasteiger partial charge in [0, 0.05) is 15.4 Å². The number of benzene rings is 1. The van der Waals surface area contributed by atoms with Crippen molar-refractivity contribution in [1.29, 1.82) is 5.41 Å². The predicted octanol–water partition coefficient (Wildman–Crippen LogP) is 2.10. The zero-order valence-corrected chi connectivity index (χ0v) is 12.6. The highest BCUT2D eigenvalue weighted by atomic mass is 79.9. The van der Waals surface area contributed by atoms with E-state index in [4.69, 9.17) is 5.41 Å². The summed E-state index contributed by atoms with van der Waals surface area (Å²) in [7, 11) is -2.95. The lowest BCUT2D eigenvalue weighted by molar-refractivity contribution is 0.601. The molecule has 0 radical (unpaired) electrons. The van der Waals surface area contributed by atoms with Crippen LogP contribution in [-0.4, -0.2) is 36.4 Å². The molecule has 2 unspecified atom stereocenters. The van der Waals surface area contributed by atoms with Crippen LogP contribution in [0.2, 0.25) is 0 Å². The Bertz CT molecular complexity index is 600. The van der Waals surface area contributed by atoms with Crippen LogP contribution in [-0.2, 0) is 9.84 Å². The van der Waals surface area contributed by atoms with Crippen LogP contribution >= 0.6 is 27.7 Å². The molecule has 0 amide bonds. The summed E-state index contributed by atoms with van der Waals surface area (Å²) >= 11 is 4.73. The molecule has 0 bridgehead atoms. The van der Waals surface area contributed by atoms with Crippen molar-refractivity contribution in [3.05, 3.63) is 28.7 Å². The molecule has 2 saturated heterocycles. The van der Waals surface area contributed by atoms with Crippen molar-refractivity contribution >= 4 is 48.4 Å². The SMILES string of the molecule is N=C1SC2CS(=O)(=O)CC2N1c1ccc(Br)cc1. The maximum Gasteiger partial charge on any atom is 0.161 e. The van der Waals surface area contributed by atoms with Crippen molar-refractivity contribution in [3.8, 4) is 0 Å². The molecule has 0 spiro atoms. The van der Waals surface area contributed by atoms with Crippen LogP contribution in [0.1, 0.15) is 0 Å². The first kappa shape index (κ1) is 12.5. The Labute approximate surface area is 118 Å². The summed E-state index contributed by atoms with van der Waals surface area (Å²) < 4.78 is 24.3. The van der Waals surface area contributed by atoms with Crippen LogP contribution in [0.15, 0.2) is 28.7 Å². The van der Waals surface area contributed by atoms with Gasteiger partial charge in [-0.2, -0.15) is 0 Å². The number of rotatable bonds is 1. The van der Waals surface area contributed by atoms with Gasteiger partial charge in [-0.1, -0.05) is 27.7 Å². The molecular formula is C11H11BrN2O2S2. The van der Waals surface area contributed by atoms with Gasteiger partial charge in [0.1, 0.15) is 0 Å². The van der Waals surface area contributed by atoms with Crippen molar-refractivity contribution in [2.45, 2.75) is 11.3 Å². The molecule has 0 aromatic heterocycles. The van der Waals surface area contributed by atoms with E-state index in [1.807, 2.05) is 29.2 Å². The van der Waals surface area contributed by atoms with E-state index in [0.29, 0.717) is 5.17 Å². The van der Waals surface area contributed by atoms with Crippen LogP contribution < -0.4 is 4.90 Å². The van der Waals surface area contributed by atoms with E-state index in [1.54, 1.807) is 0 Å². The van der Waals surface area contributed by atoms with Crippen molar-refractivity contribution < 1.29 is 8.42 Å². The lowest BCUT2D eigenvalue weighted by Gasteiger charge is -2.23. The van der Waals surface area contributed by atoms with Crippen molar-refractivity contribution in [2.24, 2.45) is 0 Å². The monoisotopic (exact) mass is 346 g/mol. The number of sulfone groups is 1. The van der Waals surface area contributed by atoms with E-state index in [0.717, 1.165) is 10.2 Å². The molecule has 0 aliphatic carbocycles. The summed E-state index contributed by atoms with van der Waals surface area (Å²) in [5, 5.41) is 8.46. The third kappa shape index (κ3) is 2.08. The molecule has 2 heterocycles. The van der Waals surface area contributed by atoms with Crippen molar-refractivity contribution in [1.82, 2.24) is 0 Å². The van der Waals surface area contributed by atoms with E-state index in [2.05, 4.69) is 15.9 Å². The highest BCUT2D eigenvalue weighted by molar-refractivity contribution is 9.10. The number of hydrogen-bond donors (Lipinski definition) is 1. The number of amidine groups is 1. The minimum atomic E-state index is -2.95. The number of nitrogens with zero attached hydrogens (tertiary/aromatic N) is 1. The van der Waals surface area contributed by atoms with Gasteiger partial charge >= 0.3 is 0 Å². The molecule has 2 atom stereocenters. The lowest BCUT2D eigenvalue weighted by Crippen LogP contribution is -2.37. The summed E-state index contributed by atoms with van der Waals surface area (Å²) in [5.74, 6) is 0.348. The third-order valence-electron chi connectivity index (χ3n) is 3.19. The Balaban J connectivity index is 1.96. The molecule has 1 aromatic rings. The number of fused-ring (bicyclic) bond motifs is 1. The second kappa shape index (κ2) is 4.25. The second-order valence-corrected chi connectivity index (χ2v) is 8.75. The molecule has 2 fully saturated rings. The number of halogens is 1. The summed E-state index contributed by atoms with van der Waals surface area (Å²) in [6.07, 6.45) is 0. The Morgan fingerprint density at radius 1 is 1.28 bits per heavy atom. The van der Waals surface area contributed by atoms with Crippen molar-refractivity contribution in [2.75, 3.05) is 16.4 Å². The van der Waals surface area contributed by atoms with E-state index in [1.165, 1.54) is 11.8 Å². The molecule has 2 aliphatic heterocycles. The maximum absolute atomic E-state index is 11.7. The van der Waals surface area contributed by atoms with Gasteiger partial charge in [-0.05, 0) is 24.3 Å². The summed E-state index contributed by atoms with van der Waals surface area (Å²) in [5.41, 5.74) is 0.889. The number of hydrogen-bond acceptors (Lipinski definition) is 4. The van der Waals surface area contributed by atoms with Crippen LogP contribution in [0.25, 0.3) is 0 Å². The number of nitrogens with one attached hydrogen (secondary N) is 1. The maximum atomic E-state index is 11.7. The van der Waals surface area contributed by atoms with Crippen LogP contribution in [0.5, 0.6) is 0 Å². The first-order valence-corrected chi connectivity index (χ1v) is 8.96. The van der Waals surface area contributed by atoms with Gasteiger partial charge in [0.05, 0.1) is 17.5 Å². The third-order valence-corrected chi connectivity index (χ3v) is 6.85. The topological polar surface area (TPSA) is 61.2 Å². The summed E-state index contributed by atoms with van der Waals surface area (Å²) in [6.45, 7) is 0. The molecular weight excluding hydrogens is 336 g/mol. The van der Waals surface area contributed by atoms with E-state index in [-0.39, 0.29) is 22.8 Å². The summed E-state index contributed by atoms with van der Waals surface area (Å²) in [4.78, 5) is 1.84. The zero-order chi connectivity index (χ0) is 12.9. The van der Waals surface area contributed by atoms with Crippen LogP contribution in [0, 0.1) is 5.41 Å². The van der Waals surface area contributed by atoms with E-state index in [9.17, 15) is 8.42 Å². The molecule has 4 nitrogen and oxygen atoms in total. The minimum absolute atomic E-state index is 0.00569. The van der Waals surface area contributed by atoms with Gasteiger partial charge in [-0.15, -0.1) is 0 Å². The highest BCUT2D eigenvalue weighted by Gasteiger charge is 2.48. The fourth-order valence-corrected chi connectivity index (χ4v) is 6.47. The average molecular weight is 347 g/mol. The quantitative estimate of drug-likeness (QED) is 0.845. The van der Waals surface area contributed by atoms with Crippen LogP contribution in [0.3, 0.4) is 0 Å². The molecule has 7 heteroatoms. The van der Waals surface area contributed by atoms with Gasteiger partial charge in [0.25, 0.3) is 0 Å². The van der Waals surface area contributed by atoms with Gasteiger partial charge in [-0.25, -0.2) is 8.42 Å². The smallest absolute Gasteiger partial charge is 0.161 e. The van der Waals surface area contributed by atoms with Gasteiger partial charge in [0.15, 0.2) is 15.0 Å². The fourth-order valence-electron chi connectivity index (χ4n) is 2.41. The molecule has 0 saturated carbocycles. The molecule has 3 rings (SSSR count). The van der Waals surface area contributed by atoms with Gasteiger partial charge < -0.3 is 4.90 Å². The molecule has 18 heavy (non-hydrogen) atoms. The molecule has 2 aliphatic rings. The molecule has 1 aromatic carbocycles. The fraction of sp³-hybridized carbons (Fsp3) is 0.364. The average Bonchev–Trinajstić information content (AvgIpc) is 2.70. The minimum Gasteiger partial charge on any atom is -0.316 e. The Hall–Kier alpha value is -0.530. The van der Waals surface area contributed by atoms with Gasteiger partial charge in [0.2, 0.25) is 0 Å². The Kier molecular flexibility index (Phi) is 2.95. The Morgan fingerprint density at radius 3 is 2.61 bits per heavy atom. The largest absolute Gasteiger partial charge is 0.316 e.